The van der Waals surface area contributed by atoms with Crippen LogP contribution < -0.4 is 11.1 Å². The number of anilines is 1. The molecule has 1 aromatic rings. The zero-order valence-electron chi connectivity index (χ0n) is 11.9. The third-order valence-corrected chi connectivity index (χ3v) is 5.83. The Morgan fingerprint density at radius 2 is 2.05 bits per heavy atom. The SMILES string of the molecule is Cc1c(NC(=O)C2CCC(N)C2)sc2c1CCCC2.Cl. The van der Waals surface area contributed by atoms with Crippen molar-refractivity contribution in [3.05, 3.63) is 16.0 Å². The van der Waals surface area contributed by atoms with Gasteiger partial charge in [-0.25, -0.2) is 0 Å². The number of carbonyl (C=O) groups is 1. The molecule has 2 aliphatic rings. The predicted octanol–water partition coefficient (Wildman–Crippen LogP) is 3.42. The molecule has 3 N–H and O–H groups in total. The molecule has 0 spiro atoms. The Morgan fingerprint density at radius 3 is 2.70 bits per heavy atom. The number of thiophene rings is 1. The number of aryl methyl sites for hydroxylation is 1. The Hall–Kier alpha value is -0.580. The highest BCUT2D eigenvalue weighted by atomic mass is 35.5. The van der Waals surface area contributed by atoms with Crippen LogP contribution in [0.15, 0.2) is 0 Å². The summed E-state index contributed by atoms with van der Waals surface area (Å²) in [6.45, 7) is 2.15. The van der Waals surface area contributed by atoms with E-state index >= 15 is 0 Å². The molecule has 3 nitrogen and oxygen atoms in total. The minimum atomic E-state index is 0. The van der Waals surface area contributed by atoms with Gasteiger partial charge in [0.1, 0.15) is 0 Å². The van der Waals surface area contributed by atoms with E-state index in [2.05, 4.69) is 12.2 Å². The van der Waals surface area contributed by atoms with Crippen LogP contribution in [0.3, 0.4) is 0 Å². The Bertz CT molecular complexity index is 500. The number of carbonyl (C=O) groups excluding carboxylic acids is 1. The fourth-order valence-corrected chi connectivity index (χ4v) is 4.61. The largest absolute Gasteiger partial charge is 0.328 e. The fraction of sp³-hybridized carbons (Fsp3) is 0.667. The van der Waals surface area contributed by atoms with Crippen LogP contribution in [-0.2, 0) is 17.6 Å². The molecule has 5 heteroatoms. The average Bonchev–Trinajstić information content (AvgIpc) is 2.96. The van der Waals surface area contributed by atoms with Gasteiger partial charge >= 0.3 is 0 Å². The van der Waals surface area contributed by atoms with Gasteiger partial charge in [-0.05, 0) is 63.0 Å². The molecule has 112 valence electrons. The molecule has 0 bridgehead atoms. The number of nitrogens with two attached hydrogens (primary N) is 1. The van der Waals surface area contributed by atoms with Crippen molar-refractivity contribution in [1.82, 2.24) is 0 Å². The number of fused-ring (bicyclic) bond motifs is 1. The standard InChI is InChI=1S/C15H22N2OS.ClH/c1-9-12-4-2-3-5-13(12)19-15(9)17-14(18)10-6-7-11(16)8-10;/h10-11H,2-8,16H2,1H3,(H,17,18);1H. The summed E-state index contributed by atoms with van der Waals surface area (Å²) in [5.74, 6) is 0.295. The number of nitrogens with one attached hydrogen (secondary N) is 1. The summed E-state index contributed by atoms with van der Waals surface area (Å²) in [4.78, 5) is 13.8. The molecule has 3 rings (SSSR count). The van der Waals surface area contributed by atoms with Crippen molar-refractivity contribution in [3.8, 4) is 0 Å². The van der Waals surface area contributed by atoms with Crippen LogP contribution in [0.25, 0.3) is 0 Å². The zero-order chi connectivity index (χ0) is 13.4. The number of rotatable bonds is 2. The molecule has 2 aliphatic carbocycles. The molecule has 1 fully saturated rings. The minimum Gasteiger partial charge on any atom is -0.328 e. The van der Waals surface area contributed by atoms with Crippen LogP contribution in [0.2, 0.25) is 0 Å². The van der Waals surface area contributed by atoms with E-state index in [9.17, 15) is 4.79 Å². The zero-order valence-corrected chi connectivity index (χ0v) is 13.5. The summed E-state index contributed by atoms with van der Waals surface area (Å²) < 4.78 is 0. The van der Waals surface area contributed by atoms with Crippen molar-refractivity contribution in [3.63, 3.8) is 0 Å². The summed E-state index contributed by atoms with van der Waals surface area (Å²) in [6, 6.07) is 0.216. The third kappa shape index (κ3) is 3.02. The van der Waals surface area contributed by atoms with Gasteiger partial charge < -0.3 is 11.1 Å². The number of amides is 1. The minimum absolute atomic E-state index is 0. The monoisotopic (exact) mass is 314 g/mol. The molecular weight excluding hydrogens is 292 g/mol. The highest BCUT2D eigenvalue weighted by Gasteiger charge is 2.29. The van der Waals surface area contributed by atoms with E-state index in [-0.39, 0.29) is 30.3 Å². The number of hydrogen-bond acceptors (Lipinski definition) is 3. The van der Waals surface area contributed by atoms with Crippen molar-refractivity contribution in [2.75, 3.05) is 5.32 Å². The van der Waals surface area contributed by atoms with E-state index in [1.165, 1.54) is 41.7 Å². The second kappa shape index (κ2) is 6.46. The van der Waals surface area contributed by atoms with E-state index in [1.807, 2.05) is 0 Å². The van der Waals surface area contributed by atoms with Gasteiger partial charge in [-0.2, -0.15) is 0 Å². The molecule has 1 heterocycles. The normalized spacial score (nSPS) is 24.9. The molecule has 2 unspecified atom stereocenters. The highest BCUT2D eigenvalue weighted by Crippen LogP contribution is 2.38. The lowest BCUT2D eigenvalue weighted by atomic mass is 9.96. The molecule has 0 aromatic carbocycles. The smallest absolute Gasteiger partial charge is 0.228 e. The van der Waals surface area contributed by atoms with E-state index < -0.39 is 0 Å². The maximum atomic E-state index is 12.3. The van der Waals surface area contributed by atoms with Crippen LogP contribution in [0.1, 0.15) is 48.1 Å². The van der Waals surface area contributed by atoms with Crippen molar-refractivity contribution in [2.24, 2.45) is 11.7 Å². The molecule has 1 amide bonds. The predicted molar refractivity (Wildman–Crippen MR) is 86.9 cm³/mol. The molecule has 2 atom stereocenters. The average molecular weight is 315 g/mol. The third-order valence-electron chi connectivity index (χ3n) is 4.52. The van der Waals surface area contributed by atoms with Crippen molar-refractivity contribution in [2.45, 2.75) is 57.9 Å². The van der Waals surface area contributed by atoms with Gasteiger partial charge in [0.05, 0.1) is 5.00 Å². The van der Waals surface area contributed by atoms with Crippen molar-refractivity contribution in [1.29, 1.82) is 0 Å². The Kier molecular flexibility index (Phi) is 5.10. The molecule has 0 radical (unpaired) electrons. The summed E-state index contributed by atoms with van der Waals surface area (Å²) in [7, 11) is 0. The Morgan fingerprint density at radius 1 is 1.30 bits per heavy atom. The summed E-state index contributed by atoms with van der Waals surface area (Å²) in [5.41, 5.74) is 8.68. The summed E-state index contributed by atoms with van der Waals surface area (Å²) in [5, 5.41) is 4.23. The molecule has 0 saturated heterocycles. The topological polar surface area (TPSA) is 55.1 Å². The lowest BCUT2D eigenvalue weighted by molar-refractivity contribution is -0.119. The molecule has 20 heavy (non-hydrogen) atoms. The quantitative estimate of drug-likeness (QED) is 0.878. The van der Waals surface area contributed by atoms with Crippen LogP contribution >= 0.6 is 23.7 Å². The van der Waals surface area contributed by atoms with Gasteiger partial charge in [0, 0.05) is 16.8 Å². The van der Waals surface area contributed by atoms with E-state index in [0.29, 0.717) is 0 Å². The van der Waals surface area contributed by atoms with Crippen LogP contribution in [-0.4, -0.2) is 11.9 Å². The van der Waals surface area contributed by atoms with Gasteiger partial charge in [-0.15, -0.1) is 23.7 Å². The van der Waals surface area contributed by atoms with Gasteiger partial charge in [0.15, 0.2) is 0 Å². The molecule has 1 saturated carbocycles. The Labute approximate surface area is 130 Å². The maximum absolute atomic E-state index is 12.3. The van der Waals surface area contributed by atoms with Gasteiger partial charge in [-0.3, -0.25) is 4.79 Å². The number of halogens is 1. The first-order valence-electron chi connectivity index (χ1n) is 7.32. The van der Waals surface area contributed by atoms with E-state index in [4.69, 9.17) is 5.73 Å². The van der Waals surface area contributed by atoms with Gasteiger partial charge in [0.25, 0.3) is 0 Å². The van der Waals surface area contributed by atoms with Crippen LogP contribution in [0, 0.1) is 12.8 Å². The molecule has 0 aliphatic heterocycles. The molecular formula is C15H23ClN2OS. The number of hydrogen-bond donors (Lipinski definition) is 2. The summed E-state index contributed by atoms with van der Waals surface area (Å²) in [6.07, 6.45) is 7.71. The van der Waals surface area contributed by atoms with E-state index in [0.717, 1.165) is 24.3 Å². The first-order chi connectivity index (χ1) is 9.15. The van der Waals surface area contributed by atoms with Crippen LogP contribution in [0.5, 0.6) is 0 Å². The van der Waals surface area contributed by atoms with Crippen molar-refractivity contribution >= 4 is 34.7 Å². The van der Waals surface area contributed by atoms with Gasteiger partial charge in [0.2, 0.25) is 5.91 Å². The van der Waals surface area contributed by atoms with Gasteiger partial charge in [-0.1, -0.05) is 0 Å². The van der Waals surface area contributed by atoms with Crippen molar-refractivity contribution < 1.29 is 4.79 Å². The highest BCUT2D eigenvalue weighted by molar-refractivity contribution is 7.16. The lowest BCUT2D eigenvalue weighted by Gasteiger charge is -2.11. The molecule has 1 aromatic heterocycles. The Balaban J connectivity index is 0.00000147. The first kappa shape index (κ1) is 15.8. The fourth-order valence-electron chi connectivity index (χ4n) is 3.31. The lowest BCUT2D eigenvalue weighted by Crippen LogP contribution is -2.23. The second-order valence-corrected chi connectivity index (χ2v) is 7.03. The first-order valence-corrected chi connectivity index (χ1v) is 8.14. The van der Waals surface area contributed by atoms with E-state index in [1.54, 1.807) is 11.3 Å². The maximum Gasteiger partial charge on any atom is 0.228 e. The van der Waals surface area contributed by atoms with Crippen LogP contribution in [0.4, 0.5) is 5.00 Å². The summed E-state index contributed by atoms with van der Waals surface area (Å²) >= 11 is 1.79. The second-order valence-electron chi connectivity index (χ2n) is 5.92.